The number of nitrogens with one attached hydrogen (secondary N) is 1. The van der Waals surface area contributed by atoms with Crippen molar-refractivity contribution in [3.8, 4) is 0 Å². The summed E-state index contributed by atoms with van der Waals surface area (Å²) in [6.45, 7) is 3.91. The zero-order valence-corrected chi connectivity index (χ0v) is 12.8. The van der Waals surface area contributed by atoms with Crippen LogP contribution in [0.15, 0.2) is 12.1 Å². The van der Waals surface area contributed by atoms with Crippen LogP contribution in [0.5, 0.6) is 0 Å². The molecule has 1 amide bonds. The van der Waals surface area contributed by atoms with E-state index in [4.69, 9.17) is 5.73 Å². The summed E-state index contributed by atoms with van der Waals surface area (Å²) in [5.74, 6) is -0.457. The van der Waals surface area contributed by atoms with E-state index in [0.717, 1.165) is 0 Å². The Balaban J connectivity index is 2.81. The number of hydrogen-bond acceptors (Lipinski definition) is 3. The van der Waals surface area contributed by atoms with Crippen molar-refractivity contribution >= 4 is 39.9 Å². The molecule has 0 radical (unpaired) electrons. The van der Waals surface area contributed by atoms with E-state index in [9.17, 15) is 9.18 Å². The van der Waals surface area contributed by atoms with Gasteiger partial charge in [-0.1, -0.05) is 0 Å². The number of rotatable bonds is 4. The summed E-state index contributed by atoms with van der Waals surface area (Å²) in [5.41, 5.74) is 6.80. The highest BCUT2D eigenvalue weighted by Crippen LogP contribution is 2.26. The van der Waals surface area contributed by atoms with Gasteiger partial charge in [0.05, 0.1) is 21.5 Å². The van der Waals surface area contributed by atoms with Gasteiger partial charge in [0, 0.05) is 19.2 Å². The van der Waals surface area contributed by atoms with Crippen LogP contribution in [0.1, 0.15) is 13.8 Å². The van der Waals surface area contributed by atoms with Crippen LogP contribution in [0.25, 0.3) is 0 Å². The quantitative estimate of drug-likeness (QED) is 0.634. The first-order valence-corrected chi connectivity index (χ1v) is 6.64. The molecule has 1 aromatic carbocycles. The SMILES string of the molecule is CC(C)NC(=O)CN(C)c1cc(F)c(I)cc1N. The number of benzene rings is 1. The molecule has 0 atom stereocenters. The van der Waals surface area contributed by atoms with Crippen LogP contribution >= 0.6 is 22.6 Å². The number of nitrogen functional groups attached to an aromatic ring is 1. The van der Waals surface area contributed by atoms with Gasteiger partial charge < -0.3 is 16.0 Å². The molecule has 0 saturated heterocycles. The van der Waals surface area contributed by atoms with Crippen molar-refractivity contribution in [2.75, 3.05) is 24.2 Å². The number of halogens is 2. The molecule has 0 spiro atoms. The zero-order chi connectivity index (χ0) is 13.9. The molecule has 0 heterocycles. The molecule has 18 heavy (non-hydrogen) atoms. The molecule has 0 aliphatic rings. The van der Waals surface area contributed by atoms with Crippen molar-refractivity contribution in [2.45, 2.75) is 19.9 Å². The van der Waals surface area contributed by atoms with Gasteiger partial charge in [-0.05, 0) is 42.5 Å². The fourth-order valence-electron chi connectivity index (χ4n) is 1.55. The predicted octanol–water partition coefficient (Wildman–Crippen LogP) is 1.97. The summed E-state index contributed by atoms with van der Waals surface area (Å²) in [6.07, 6.45) is 0. The van der Waals surface area contributed by atoms with Gasteiger partial charge in [0.1, 0.15) is 5.82 Å². The Hall–Kier alpha value is -1.05. The third-order valence-electron chi connectivity index (χ3n) is 2.31. The normalized spacial score (nSPS) is 10.6. The van der Waals surface area contributed by atoms with Crippen LogP contribution in [0.2, 0.25) is 0 Å². The minimum atomic E-state index is -0.337. The van der Waals surface area contributed by atoms with Crippen molar-refractivity contribution < 1.29 is 9.18 Å². The molecule has 6 heteroatoms. The Morgan fingerprint density at radius 1 is 1.56 bits per heavy atom. The maximum Gasteiger partial charge on any atom is 0.239 e. The summed E-state index contributed by atoms with van der Waals surface area (Å²) in [5, 5.41) is 2.77. The Labute approximate surface area is 120 Å². The van der Waals surface area contributed by atoms with E-state index in [1.54, 1.807) is 18.0 Å². The molecule has 100 valence electrons. The van der Waals surface area contributed by atoms with Crippen molar-refractivity contribution in [3.05, 3.63) is 21.5 Å². The Kier molecular flexibility index (Phi) is 5.18. The number of carbonyl (C=O) groups is 1. The minimum absolute atomic E-state index is 0.0803. The summed E-state index contributed by atoms with van der Waals surface area (Å²) in [6, 6.07) is 2.98. The summed E-state index contributed by atoms with van der Waals surface area (Å²) in [7, 11) is 1.71. The van der Waals surface area contributed by atoms with Gasteiger partial charge in [-0.15, -0.1) is 0 Å². The van der Waals surface area contributed by atoms with E-state index in [1.807, 2.05) is 36.4 Å². The van der Waals surface area contributed by atoms with E-state index in [2.05, 4.69) is 5.32 Å². The van der Waals surface area contributed by atoms with Crippen LogP contribution in [0.3, 0.4) is 0 Å². The number of likely N-dealkylation sites (N-methyl/N-ethyl adjacent to an activating group) is 1. The van der Waals surface area contributed by atoms with E-state index in [-0.39, 0.29) is 24.3 Å². The fraction of sp³-hybridized carbons (Fsp3) is 0.417. The molecular weight excluding hydrogens is 348 g/mol. The monoisotopic (exact) mass is 365 g/mol. The molecule has 4 nitrogen and oxygen atoms in total. The number of amides is 1. The lowest BCUT2D eigenvalue weighted by Gasteiger charge is -2.21. The highest BCUT2D eigenvalue weighted by Gasteiger charge is 2.13. The number of hydrogen-bond donors (Lipinski definition) is 2. The van der Waals surface area contributed by atoms with Crippen LogP contribution in [0, 0.1) is 9.39 Å². The number of carbonyl (C=O) groups excluding carboxylic acids is 1. The van der Waals surface area contributed by atoms with E-state index in [0.29, 0.717) is 14.9 Å². The number of anilines is 2. The second kappa shape index (κ2) is 6.21. The number of nitrogens with zero attached hydrogens (tertiary/aromatic N) is 1. The van der Waals surface area contributed by atoms with Gasteiger partial charge >= 0.3 is 0 Å². The average molecular weight is 365 g/mol. The van der Waals surface area contributed by atoms with E-state index >= 15 is 0 Å². The van der Waals surface area contributed by atoms with Crippen molar-refractivity contribution in [1.82, 2.24) is 5.32 Å². The smallest absolute Gasteiger partial charge is 0.239 e. The van der Waals surface area contributed by atoms with E-state index in [1.165, 1.54) is 6.07 Å². The van der Waals surface area contributed by atoms with Gasteiger partial charge in [0.15, 0.2) is 0 Å². The Bertz CT molecular complexity index is 451. The second-order valence-corrected chi connectivity index (χ2v) is 5.57. The zero-order valence-electron chi connectivity index (χ0n) is 10.6. The first kappa shape index (κ1) is 15.0. The molecule has 0 saturated carbocycles. The third kappa shape index (κ3) is 4.01. The van der Waals surface area contributed by atoms with Crippen molar-refractivity contribution in [2.24, 2.45) is 0 Å². The largest absolute Gasteiger partial charge is 0.397 e. The number of nitrogens with two attached hydrogens (primary N) is 1. The highest BCUT2D eigenvalue weighted by atomic mass is 127. The molecule has 0 fully saturated rings. The Morgan fingerprint density at radius 2 is 2.17 bits per heavy atom. The molecule has 0 aliphatic heterocycles. The lowest BCUT2D eigenvalue weighted by molar-refractivity contribution is -0.120. The molecular formula is C12H17FIN3O. The van der Waals surface area contributed by atoms with E-state index < -0.39 is 0 Å². The Morgan fingerprint density at radius 3 is 2.72 bits per heavy atom. The average Bonchev–Trinajstić information content (AvgIpc) is 2.21. The second-order valence-electron chi connectivity index (χ2n) is 4.40. The standard InChI is InChI=1S/C12H17FIN3O/c1-7(2)16-12(18)6-17(3)11-4-8(13)9(14)5-10(11)15/h4-5,7H,6,15H2,1-3H3,(H,16,18). The molecule has 0 unspecified atom stereocenters. The molecule has 0 aliphatic carbocycles. The van der Waals surface area contributed by atoms with Gasteiger partial charge in [0.25, 0.3) is 0 Å². The van der Waals surface area contributed by atoms with Gasteiger partial charge in [-0.2, -0.15) is 0 Å². The summed E-state index contributed by atoms with van der Waals surface area (Å²) >= 11 is 1.88. The topological polar surface area (TPSA) is 58.4 Å². The molecule has 0 aromatic heterocycles. The maximum atomic E-state index is 13.5. The van der Waals surface area contributed by atoms with Crippen molar-refractivity contribution in [3.63, 3.8) is 0 Å². The lowest BCUT2D eigenvalue weighted by Crippen LogP contribution is -2.38. The molecule has 1 rings (SSSR count). The lowest BCUT2D eigenvalue weighted by atomic mass is 10.2. The molecule has 1 aromatic rings. The first-order chi connectivity index (χ1) is 8.31. The first-order valence-electron chi connectivity index (χ1n) is 5.56. The maximum absolute atomic E-state index is 13.5. The van der Waals surface area contributed by atoms with Crippen LogP contribution in [-0.2, 0) is 4.79 Å². The summed E-state index contributed by atoms with van der Waals surface area (Å²) < 4.78 is 13.9. The van der Waals surface area contributed by atoms with Gasteiger partial charge in [0.2, 0.25) is 5.91 Å². The van der Waals surface area contributed by atoms with Crippen LogP contribution < -0.4 is 16.0 Å². The van der Waals surface area contributed by atoms with Gasteiger partial charge in [-0.25, -0.2) is 4.39 Å². The third-order valence-corrected chi connectivity index (χ3v) is 3.14. The van der Waals surface area contributed by atoms with Crippen molar-refractivity contribution in [1.29, 1.82) is 0 Å². The highest BCUT2D eigenvalue weighted by molar-refractivity contribution is 14.1. The predicted molar refractivity (Wildman–Crippen MR) is 80.1 cm³/mol. The summed E-state index contributed by atoms with van der Waals surface area (Å²) in [4.78, 5) is 13.2. The van der Waals surface area contributed by atoms with Crippen LogP contribution in [-0.4, -0.2) is 25.5 Å². The molecule has 0 bridgehead atoms. The molecule has 3 N–H and O–H groups in total. The minimum Gasteiger partial charge on any atom is -0.397 e. The fourth-order valence-corrected chi connectivity index (χ4v) is 2.04. The van der Waals surface area contributed by atoms with Gasteiger partial charge in [-0.3, -0.25) is 4.79 Å². The van der Waals surface area contributed by atoms with Crippen LogP contribution in [0.4, 0.5) is 15.8 Å².